The van der Waals surface area contributed by atoms with Crippen molar-refractivity contribution in [1.82, 2.24) is 30.2 Å². The molecule has 0 radical (unpaired) electrons. The van der Waals surface area contributed by atoms with Crippen LogP contribution in [-0.4, -0.2) is 63.5 Å². The first-order valence-corrected chi connectivity index (χ1v) is 15.5. The Hall–Kier alpha value is -5.01. The number of imidazole rings is 1. The van der Waals surface area contributed by atoms with Crippen molar-refractivity contribution >= 4 is 16.3 Å². The van der Waals surface area contributed by atoms with Gasteiger partial charge in [-0.2, -0.15) is 26.7 Å². The number of rotatable bonds is 13. The Labute approximate surface area is 269 Å². The minimum Gasteiger partial charge on any atom is -0.494 e. The van der Waals surface area contributed by atoms with Crippen molar-refractivity contribution in [3.05, 3.63) is 77.8 Å². The first-order valence-electron chi connectivity index (χ1n) is 14.1. The Morgan fingerprint density at radius 1 is 1.06 bits per heavy atom. The lowest BCUT2D eigenvalue weighted by molar-refractivity contribution is -0.137. The molecule has 254 valence electrons. The summed E-state index contributed by atoms with van der Waals surface area (Å²) in [6, 6.07) is 6.38. The van der Waals surface area contributed by atoms with Gasteiger partial charge in [-0.25, -0.2) is 22.9 Å². The van der Waals surface area contributed by atoms with Gasteiger partial charge in [0.15, 0.2) is 29.3 Å². The van der Waals surface area contributed by atoms with Gasteiger partial charge in [0, 0.05) is 18.2 Å². The fraction of sp³-hybridized carbons (Fsp3) is 0.276. The summed E-state index contributed by atoms with van der Waals surface area (Å²) in [6.45, 7) is 1.35. The van der Waals surface area contributed by atoms with Crippen LogP contribution in [0.4, 0.5) is 22.0 Å². The molecule has 1 amide bonds. The predicted molar refractivity (Wildman–Crippen MR) is 156 cm³/mol. The van der Waals surface area contributed by atoms with Crippen LogP contribution in [0.5, 0.6) is 5.75 Å². The van der Waals surface area contributed by atoms with Crippen LogP contribution in [-0.2, 0) is 25.6 Å². The number of fused-ring (bicyclic) bond motifs is 1. The average Bonchev–Trinajstić information content (AvgIpc) is 3.68. The molecular weight excluding hydrogens is 671 g/mol. The lowest BCUT2D eigenvalue weighted by Crippen LogP contribution is -2.35. The van der Waals surface area contributed by atoms with E-state index in [1.165, 1.54) is 30.6 Å². The third-order valence-corrected chi connectivity index (χ3v) is 7.15. The van der Waals surface area contributed by atoms with E-state index in [-0.39, 0.29) is 65.1 Å². The highest BCUT2D eigenvalue weighted by molar-refractivity contribution is 7.80. The van der Waals surface area contributed by atoms with Crippen LogP contribution in [0.2, 0.25) is 0 Å². The molecule has 0 saturated heterocycles. The Morgan fingerprint density at radius 2 is 1.83 bits per heavy atom. The van der Waals surface area contributed by atoms with Gasteiger partial charge in [0.1, 0.15) is 22.8 Å². The number of nitrogens with one attached hydrogen (secondary N) is 1. The molecule has 1 aromatic heterocycles. The second kappa shape index (κ2) is 14.0. The molecule has 19 heteroatoms. The number of carbonyl (C=O) groups excluding carboxylic acids is 1. The Morgan fingerprint density at radius 3 is 2.56 bits per heavy atom. The third kappa shape index (κ3) is 7.92. The molecule has 3 aromatic rings. The molecule has 48 heavy (non-hydrogen) atoms. The maximum atomic E-state index is 14.4. The van der Waals surface area contributed by atoms with Gasteiger partial charge in [0.2, 0.25) is 0 Å². The smallest absolute Gasteiger partial charge is 0.417 e. The van der Waals surface area contributed by atoms with Crippen LogP contribution < -0.4 is 10.1 Å². The Bertz CT molecular complexity index is 2000. The molecule has 2 N–H and O–H groups in total. The van der Waals surface area contributed by atoms with E-state index in [1.54, 1.807) is 6.92 Å². The van der Waals surface area contributed by atoms with E-state index in [9.17, 15) is 35.2 Å². The lowest BCUT2D eigenvalue weighted by Gasteiger charge is -2.17. The van der Waals surface area contributed by atoms with Crippen LogP contribution in [0.3, 0.4) is 0 Å². The molecule has 1 unspecified atom stereocenters. The molecule has 5 rings (SSSR count). The topological polar surface area (TPSA) is 172 Å². The highest BCUT2D eigenvalue weighted by atomic mass is 32.3. The fourth-order valence-electron chi connectivity index (χ4n) is 4.54. The zero-order valence-corrected chi connectivity index (χ0v) is 25.6. The zero-order chi connectivity index (χ0) is 34.6. The number of aromatic nitrogens is 5. The quantitative estimate of drug-likeness (QED) is 0.0953. The minimum absolute atomic E-state index is 0.00627. The number of halogens is 5. The maximum Gasteiger partial charge on any atom is 0.417 e. The van der Waals surface area contributed by atoms with Crippen molar-refractivity contribution < 1.29 is 53.2 Å². The maximum absolute atomic E-state index is 14.4. The molecule has 2 aliphatic rings. The number of hydrogen-bond donors (Lipinski definition) is 2. The van der Waals surface area contributed by atoms with Gasteiger partial charge in [-0.3, -0.25) is 14.0 Å². The van der Waals surface area contributed by atoms with E-state index in [0.29, 0.717) is 6.42 Å². The van der Waals surface area contributed by atoms with Crippen molar-refractivity contribution in [1.29, 1.82) is 0 Å². The normalized spacial score (nSPS) is 12.7. The summed E-state index contributed by atoms with van der Waals surface area (Å²) < 4.78 is 117. The SMILES string of the molecule is CCCOc1ccc(-c2cc(C(C(=O)NCCCOS(=O)(=O)O)n3cc4nc(-c5cccc(F)c5F)nc-4cn3)on2)c(C(F)(F)F)c1. The van der Waals surface area contributed by atoms with Crippen LogP contribution in [0.15, 0.2) is 59.4 Å². The second-order valence-electron chi connectivity index (χ2n) is 10.1. The van der Waals surface area contributed by atoms with E-state index in [1.807, 2.05) is 0 Å². The first-order chi connectivity index (χ1) is 22.7. The van der Waals surface area contributed by atoms with Gasteiger partial charge < -0.3 is 14.6 Å². The first kappa shape index (κ1) is 34.3. The number of amides is 1. The molecule has 3 heterocycles. The third-order valence-electron chi connectivity index (χ3n) is 6.68. The van der Waals surface area contributed by atoms with E-state index in [2.05, 4.69) is 29.7 Å². The summed E-state index contributed by atoms with van der Waals surface area (Å²) in [7, 11) is -4.71. The standard InChI is InChI=1S/C29H25F5N6O7S/c1-2-10-45-16-7-8-17(19(12-16)29(32,33)34)21-13-24(47-39-21)26(28(41)35-9-4-11-46-48(42,43)44)40-15-23-22(14-36-40)37-27(38-23)18-5-3-6-20(30)25(18)31/h3,5-8,12-15,26H,2,4,9-11H2,1H3,(H,35,41)(H,42,43,44). The number of carbonyl (C=O) groups is 1. The van der Waals surface area contributed by atoms with Crippen molar-refractivity contribution in [2.45, 2.75) is 32.0 Å². The molecule has 0 spiro atoms. The van der Waals surface area contributed by atoms with E-state index in [4.69, 9.17) is 13.8 Å². The summed E-state index contributed by atoms with van der Waals surface area (Å²) in [5.41, 5.74) is -1.69. The van der Waals surface area contributed by atoms with Crippen molar-refractivity contribution in [3.8, 4) is 39.8 Å². The van der Waals surface area contributed by atoms with Crippen LogP contribution >= 0.6 is 0 Å². The average molecular weight is 697 g/mol. The van der Waals surface area contributed by atoms with Crippen molar-refractivity contribution in [2.75, 3.05) is 19.8 Å². The van der Waals surface area contributed by atoms with E-state index < -0.39 is 52.3 Å². The molecular formula is C29H25F5N6O7S. The number of alkyl halides is 3. The highest BCUT2D eigenvalue weighted by Gasteiger charge is 2.36. The van der Waals surface area contributed by atoms with Gasteiger partial charge in [-0.1, -0.05) is 18.1 Å². The predicted octanol–water partition coefficient (Wildman–Crippen LogP) is 5.10. The number of benzene rings is 2. The Kier molecular flexibility index (Phi) is 10.0. The van der Waals surface area contributed by atoms with Crippen molar-refractivity contribution in [2.24, 2.45) is 0 Å². The highest BCUT2D eigenvalue weighted by Crippen LogP contribution is 2.40. The lowest BCUT2D eigenvalue weighted by atomic mass is 10.0. The van der Waals surface area contributed by atoms with Crippen LogP contribution in [0, 0.1) is 11.6 Å². The molecule has 0 bridgehead atoms. The van der Waals surface area contributed by atoms with E-state index >= 15 is 0 Å². The monoisotopic (exact) mass is 696 g/mol. The van der Waals surface area contributed by atoms with Gasteiger partial charge in [-0.05, 0) is 43.2 Å². The number of hydrogen-bond acceptors (Lipinski definition) is 10. The summed E-state index contributed by atoms with van der Waals surface area (Å²) >= 11 is 0. The molecule has 13 nitrogen and oxygen atoms in total. The van der Waals surface area contributed by atoms with Gasteiger partial charge >= 0.3 is 16.6 Å². The van der Waals surface area contributed by atoms with Crippen LogP contribution in [0.1, 0.15) is 37.1 Å². The van der Waals surface area contributed by atoms with E-state index in [0.717, 1.165) is 28.9 Å². The summed E-state index contributed by atoms with van der Waals surface area (Å²) in [5.74, 6) is -3.56. The molecule has 2 aliphatic heterocycles. The van der Waals surface area contributed by atoms with Crippen molar-refractivity contribution in [3.63, 3.8) is 0 Å². The second-order valence-corrected chi connectivity index (χ2v) is 11.2. The molecule has 1 atom stereocenters. The fourth-order valence-corrected chi connectivity index (χ4v) is 4.86. The number of nitrogens with zero attached hydrogens (tertiary/aromatic N) is 5. The Balaban J connectivity index is 1.51. The van der Waals surface area contributed by atoms with Gasteiger partial charge in [0.05, 0.1) is 36.7 Å². The van der Waals surface area contributed by atoms with Crippen LogP contribution in [0.25, 0.3) is 34.0 Å². The molecule has 0 aliphatic carbocycles. The van der Waals surface area contributed by atoms with Gasteiger partial charge in [0.25, 0.3) is 5.91 Å². The summed E-state index contributed by atoms with van der Waals surface area (Å²) in [5, 5.41) is 10.5. The minimum atomic E-state index is -4.81. The molecule has 0 saturated carbocycles. The summed E-state index contributed by atoms with van der Waals surface area (Å²) in [6.07, 6.45) is -1.90. The molecule has 2 aromatic carbocycles. The number of ether oxygens (including phenoxy) is 1. The zero-order valence-electron chi connectivity index (χ0n) is 24.7. The largest absolute Gasteiger partial charge is 0.494 e. The summed E-state index contributed by atoms with van der Waals surface area (Å²) in [4.78, 5) is 21.9. The molecule has 0 fully saturated rings. The van der Waals surface area contributed by atoms with Gasteiger partial charge in [-0.15, -0.1) is 0 Å².